The normalized spacial score (nSPS) is 13.0. The molecule has 1 aliphatic rings. The zero-order valence-corrected chi connectivity index (χ0v) is 15.6. The Morgan fingerprint density at radius 3 is 2.42 bits per heavy atom. The molecular formula is C22H27NO3. The molecule has 4 heteroatoms. The van der Waals surface area contributed by atoms with E-state index in [1.54, 1.807) is 0 Å². The lowest BCUT2D eigenvalue weighted by Crippen LogP contribution is -2.23. The summed E-state index contributed by atoms with van der Waals surface area (Å²) in [5.74, 6) is 1.42. The van der Waals surface area contributed by atoms with E-state index in [1.807, 2.05) is 44.2 Å². The van der Waals surface area contributed by atoms with Gasteiger partial charge in [-0.25, -0.2) is 0 Å². The number of fused-ring (bicyclic) bond motifs is 1. The summed E-state index contributed by atoms with van der Waals surface area (Å²) >= 11 is 0. The average Bonchev–Trinajstić information content (AvgIpc) is 2.68. The van der Waals surface area contributed by atoms with Crippen molar-refractivity contribution in [2.24, 2.45) is 0 Å². The maximum absolute atomic E-state index is 12.5. The molecule has 0 aromatic heterocycles. The van der Waals surface area contributed by atoms with Gasteiger partial charge in [-0.2, -0.15) is 0 Å². The average molecular weight is 353 g/mol. The fourth-order valence-corrected chi connectivity index (χ4v) is 3.36. The third kappa shape index (κ3) is 4.37. The van der Waals surface area contributed by atoms with Gasteiger partial charge in [0.1, 0.15) is 0 Å². The summed E-state index contributed by atoms with van der Waals surface area (Å²) in [5.41, 5.74) is 4.44. The van der Waals surface area contributed by atoms with Crippen LogP contribution in [0.25, 0.3) is 0 Å². The molecule has 0 unspecified atom stereocenters. The van der Waals surface area contributed by atoms with Crippen LogP contribution in [-0.2, 0) is 19.4 Å². The molecule has 1 aliphatic carbocycles. The summed E-state index contributed by atoms with van der Waals surface area (Å²) < 4.78 is 11.2. The number of nitrogens with one attached hydrogen (secondary N) is 1. The lowest BCUT2D eigenvalue weighted by molar-refractivity contribution is 0.0950. The highest BCUT2D eigenvalue weighted by Gasteiger charge is 2.13. The van der Waals surface area contributed by atoms with E-state index >= 15 is 0 Å². The highest BCUT2D eigenvalue weighted by atomic mass is 16.5. The van der Waals surface area contributed by atoms with Crippen molar-refractivity contribution in [1.82, 2.24) is 5.32 Å². The van der Waals surface area contributed by atoms with Gasteiger partial charge in [0.25, 0.3) is 5.91 Å². The Hall–Kier alpha value is -2.49. The van der Waals surface area contributed by atoms with E-state index in [1.165, 1.54) is 24.0 Å². The minimum Gasteiger partial charge on any atom is -0.490 e. The maximum Gasteiger partial charge on any atom is 0.251 e. The fraction of sp³-hybridized carbons (Fsp3) is 0.409. The van der Waals surface area contributed by atoms with Crippen LogP contribution in [0.15, 0.2) is 36.4 Å². The van der Waals surface area contributed by atoms with Crippen molar-refractivity contribution in [3.63, 3.8) is 0 Å². The van der Waals surface area contributed by atoms with Crippen molar-refractivity contribution in [2.75, 3.05) is 13.2 Å². The Labute approximate surface area is 155 Å². The van der Waals surface area contributed by atoms with Gasteiger partial charge in [-0.15, -0.1) is 0 Å². The first-order valence-corrected chi connectivity index (χ1v) is 9.49. The van der Waals surface area contributed by atoms with Crippen molar-refractivity contribution in [3.05, 3.63) is 58.7 Å². The van der Waals surface area contributed by atoms with Crippen LogP contribution in [0.5, 0.6) is 11.5 Å². The zero-order valence-electron chi connectivity index (χ0n) is 15.6. The van der Waals surface area contributed by atoms with Crippen molar-refractivity contribution in [1.29, 1.82) is 0 Å². The SMILES string of the molecule is CCOc1ccc(CNC(=O)c2ccc3c(c2)CCCC3)cc1OCC. The molecule has 0 bridgehead atoms. The monoisotopic (exact) mass is 353 g/mol. The van der Waals surface area contributed by atoms with Crippen LogP contribution in [0, 0.1) is 0 Å². The molecule has 0 spiro atoms. The Bertz CT molecular complexity index is 770. The minimum atomic E-state index is -0.0368. The molecule has 138 valence electrons. The fourth-order valence-electron chi connectivity index (χ4n) is 3.36. The highest BCUT2D eigenvalue weighted by Crippen LogP contribution is 2.28. The summed E-state index contributed by atoms with van der Waals surface area (Å²) in [6.07, 6.45) is 4.67. The van der Waals surface area contributed by atoms with Crippen LogP contribution >= 0.6 is 0 Å². The molecule has 0 saturated heterocycles. The second-order valence-electron chi connectivity index (χ2n) is 6.52. The molecule has 0 heterocycles. The molecule has 2 aromatic rings. The molecule has 0 saturated carbocycles. The Morgan fingerprint density at radius 2 is 1.65 bits per heavy atom. The van der Waals surface area contributed by atoms with Gasteiger partial charge in [-0.3, -0.25) is 4.79 Å². The van der Waals surface area contributed by atoms with Gasteiger partial charge in [0.05, 0.1) is 13.2 Å². The lowest BCUT2D eigenvalue weighted by atomic mass is 9.90. The molecule has 2 aromatic carbocycles. The van der Waals surface area contributed by atoms with Crippen LogP contribution in [0.4, 0.5) is 0 Å². The molecule has 26 heavy (non-hydrogen) atoms. The summed E-state index contributed by atoms with van der Waals surface area (Å²) in [4.78, 5) is 12.5. The first-order chi connectivity index (χ1) is 12.7. The zero-order chi connectivity index (χ0) is 18.4. The van der Waals surface area contributed by atoms with E-state index < -0.39 is 0 Å². The van der Waals surface area contributed by atoms with E-state index in [0.717, 1.165) is 35.5 Å². The number of rotatable bonds is 7. The van der Waals surface area contributed by atoms with Gasteiger partial charge in [0.15, 0.2) is 11.5 Å². The largest absolute Gasteiger partial charge is 0.490 e. The molecule has 0 atom stereocenters. The predicted molar refractivity (Wildman–Crippen MR) is 103 cm³/mol. The number of hydrogen-bond acceptors (Lipinski definition) is 3. The topological polar surface area (TPSA) is 47.6 Å². The van der Waals surface area contributed by atoms with Crippen LogP contribution in [-0.4, -0.2) is 19.1 Å². The third-order valence-corrected chi connectivity index (χ3v) is 4.67. The van der Waals surface area contributed by atoms with Crippen molar-refractivity contribution >= 4 is 5.91 Å². The number of aryl methyl sites for hydroxylation is 2. The number of carbonyl (C=O) groups is 1. The summed E-state index contributed by atoms with van der Waals surface area (Å²) in [5, 5.41) is 3.01. The van der Waals surface area contributed by atoms with Crippen LogP contribution in [0.2, 0.25) is 0 Å². The van der Waals surface area contributed by atoms with Crippen LogP contribution in [0.1, 0.15) is 53.7 Å². The van der Waals surface area contributed by atoms with E-state index in [0.29, 0.717) is 19.8 Å². The minimum absolute atomic E-state index is 0.0368. The van der Waals surface area contributed by atoms with E-state index in [9.17, 15) is 4.79 Å². The molecule has 1 N–H and O–H groups in total. The van der Waals surface area contributed by atoms with Gasteiger partial charge < -0.3 is 14.8 Å². The van der Waals surface area contributed by atoms with Gasteiger partial charge in [0, 0.05) is 12.1 Å². The standard InChI is InChI=1S/C22H27NO3/c1-3-25-20-12-9-16(13-21(20)26-4-2)15-23-22(24)19-11-10-17-7-5-6-8-18(17)14-19/h9-14H,3-8,15H2,1-2H3,(H,23,24). The Balaban J connectivity index is 1.66. The second kappa shape index (κ2) is 8.75. The second-order valence-corrected chi connectivity index (χ2v) is 6.52. The summed E-state index contributed by atoms with van der Waals surface area (Å²) in [7, 11) is 0. The van der Waals surface area contributed by atoms with Crippen molar-refractivity contribution < 1.29 is 14.3 Å². The Kier molecular flexibility index (Phi) is 6.16. The molecular weight excluding hydrogens is 326 g/mol. The van der Waals surface area contributed by atoms with Crippen LogP contribution < -0.4 is 14.8 Å². The van der Waals surface area contributed by atoms with E-state index in [2.05, 4.69) is 11.4 Å². The molecule has 3 rings (SSSR count). The predicted octanol–water partition coefficient (Wildman–Crippen LogP) is 4.29. The first-order valence-electron chi connectivity index (χ1n) is 9.49. The van der Waals surface area contributed by atoms with E-state index in [4.69, 9.17) is 9.47 Å². The maximum atomic E-state index is 12.5. The quantitative estimate of drug-likeness (QED) is 0.808. The smallest absolute Gasteiger partial charge is 0.251 e. The van der Waals surface area contributed by atoms with Gasteiger partial charge in [-0.1, -0.05) is 12.1 Å². The lowest BCUT2D eigenvalue weighted by Gasteiger charge is -2.16. The highest BCUT2D eigenvalue weighted by molar-refractivity contribution is 5.94. The number of ether oxygens (including phenoxy) is 2. The summed E-state index contributed by atoms with van der Waals surface area (Å²) in [6.45, 7) is 5.52. The Morgan fingerprint density at radius 1 is 0.923 bits per heavy atom. The van der Waals surface area contributed by atoms with Gasteiger partial charge in [-0.05, 0) is 80.5 Å². The summed E-state index contributed by atoms with van der Waals surface area (Å²) in [6, 6.07) is 11.9. The molecule has 0 aliphatic heterocycles. The third-order valence-electron chi connectivity index (χ3n) is 4.67. The first kappa shape index (κ1) is 18.3. The van der Waals surface area contributed by atoms with Gasteiger partial charge >= 0.3 is 0 Å². The molecule has 0 fully saturated rings. The number of amides is 1. The number of benzene rings is 2. The number of carbonyl (C=O) groups excluding carboxylic acids is 1. The van der Waals surface area contributed by atoms with Crippen molar-refractivity contribution in [2.45, 2.75) is 46.1 Å². The number of hydrogen-bond donors (Lipinski definition) is 1. The molecule has 1 amide bonds. The molecule has 4 nitrogen and oxygen atoms in total. The van der Waals surface area contributed by atoms with E-state index in [-0.39, 0.29) is 5.91 Å². The van der Waals surface area contributed by atoms with Crippen LogP contribution in [0.3, 0.4) is 0 Å². The van der Waals surface area contributed by atoms with Gasteiger partial charge in [0.2, 0.25) is 0 Å². The van der Waals surface area contributed by atoms with Crippen molar-refractivity contribution in [3.8, 4) is 11.5 Å². The molecule has 0 radical (unpaired) electrons.